The Labute approximate surface area is 103 Å². The van der Waals surface area contributed by atoms with E-state index < -0.39 is 0 Å². The minimum Gasteiger partial charge on any atom is -0.381 e. The zero-order chi connectivity index (χ0) is 10.7. The number of halogens is 1. The summed E-state index contributed by atoms with van der Waals surface area (Å²) in [7, 11) is 1.93. The lowest BCUT2D eigenvalue weighted by Gasteiger charge is -2.30. The summed E-state index contributed by atoms with van der Waals surface area (Å²) in [5.41, 5.74) is 0. The molecule has 1 N–H and O–H groups in total. The monoisotopic (exact) mass is 248 g/mol. The highest BCUT2D eigenvalue weighted by Gasteiger charge is 2.29. The standard InChI is InChI=1S/C11H20N2O2.ClH/c1-13(10-4-5-12-7-10)11(14)9-3-2-6-15-8-9;/h9-10,12H,2-8H2,1H3;1H. The van der Waals surface area contributed by atoms with Crippen LogP contribution in [0.25, 0.3) is 0 Å². The molecule has 2 rings (SSSR count). The highest BCUT2D eigenvalue weighted by Crippen LogP contribution is 2.18. The van der Waals surface area contributed by atoms with Crippen molar-refractivity contribution in [3.63, 3.8) is 0 Å². The third-order valence-electron chi connectivity index (χ3n) is 3.44. The molecule has 2 aliphatic heterocycles. The van der Waals surface area contributed by atoms with Gasteiger partial charge in [-0.3, -0.25) is 4.79 Å². The number of likely N-dealkylation sites (N-methyl/N-ethyl adjacent to an activating group) is 1. The molecule has 0 aromatic heterocycles. The topological polar surface area (TPSA) is 41.6 Å². The molecule has 0 aromatic carbocycles. The van der Waals surface area contributed by atoms with Crippen LogP contribution >= 0.6 is 12.4 Å². The van der Waals surface area contributed by atoms with Crippen molar-refractivity contribution >= 4 is 18.3 Å². The van der Waals surface area contributed by atoms with Crippen LogP contribution in [0.4, 0.5) is 0 Å². The third-order valence-corrected chi connectivity index (χ3v) is 3.44. The van der Waals surface area contributed by atoms with Crippen molar-refractivity contribution in [2.24, 2.45) is 5.92 Å². The minimum atomic E-state index is 0. The van der Waals surface area contributed by atoms with Gasteiger partial charge in [-0.1, -0.05) is 0 Å². The van der Waals surface area contributed by atoms with E-state index in [4.69, 9.17) is 4.74 Å². The molecule has 2 heterocycles. The van der Waals surface area contributed by atoms with E-state index in [1.807, 2.05) is 11.9 Å². The summed E-state index contributed by atoms with van der Waals surface area (Å²) in [5.74, 6) is 0.368. The number of hydrogen-bond donors (Lipinski definition) is 1. The van der Waals surface area contributed by atoms with Gasteiger partial charge in [0.1, 0.15) is 0 Å². The summed E-state index contributed by atoms with van der Waals surface area (Å²) < 4.78 is 5.35. The molecule has 0 aliphatic carbocycles. The number of rotatable bonds is 2. The van der Waals surface area contributed by atoms with Gasteiger partial charge in [0, 0.05) is 26.2 Å². The highest BCUT2D eigenvalue weighted by molar-refractivity contribution is 5.85. The number of amides is 1. The van der Waals surface area contributed by atoms with E-state index in [0.717, 1.165) is 39.0 Å². The van der Waals surface area contributed by atoms with E-state index in [2.05, 4.69) is 5.32 Å². The van der Waals surface area contributed by atoms with Gasteiger partial charge in [0.25, 0.3) is 0 Å². The molecule has 2 unspecified atom stereocenters. The molecule has 2 aliphatic rings. The molecule has 0 bridgehead atoms. The van der Waals surface area contributed by atoms with Crippen molar-refractivity contribution in [1.82, 2.24) is 10.2 Å². The van der Waals surface area contributed by atoms with Gasteiger partial charge in [0.15, 0.2) is 0 Å². The van der Waals surface area contributed by atoms with Gasteiger partial charge in [-0.25, -0.2) is 0 Å². The first kappa shape index (κ1) is 13.7. The van der Waals surface area contributed by atoms with Gasteiger partial charge in [-0.2, -0.15) is 0 Å². The van der Waals surface area contributed by atoms with Gasteiger partial charge >= 0.3 is 0 Å². The van der Waals surface area contributed by atoms with Crippen molar-refractivity contribution in [3.05, 3.63) is 0 Å². The molecule has 2 fully saturated rings. The van der Waals surface area contributed by atoms with Crippen LogP contribution in [0.1, 0.15) is 19.3 Å². The molecular formula is C11H21ClN2O2. The Morgan fingerprint density at radius 3 is 2.81 bits per heavy atom. The summed E-state index contributed by atoms with van der Waals surface area (Å²) in [6.45, 7) is 3.40. The van der Waals surface area contributed by atoms with Crippen LogP contribution in [0.15, 0.2) is 0 Å². The fourth-order valence-electron chi connectivity index (χ4n) is 2.37. The number of ether oxygens (including phenoxy) is 1. The largest absolute Gasteiger partial charge is 0.381 e. The summed E-state index contributed by atoms with van der Waals surface area (Å²) in [5, 5.41) is 3.29. The quantitative estimate of drug-likeness (QED) is 0.781. The Morgan fingerprint density at radius 1 is 1.44 bits per heavy atom. The third kappa shape index (κ3) is 3.09. The summed E-state index contributed by atoms with van der Waals surface area (Å²) in [6, 6.07) is 0.388. The lowest BCUT2D eigenvalue weighted by molar-refractivity contribution is -0.140. The predicted octanol–water partition coefficient (Wildman–Crippen LogP) is 0.655. The Morgan fingerprint density at radius 2 is 2.25 bits per heavy atom. The van der Waals surface area contributed by atoms with Crippen LogP contribution < -0.4 is 5.32 Å². The second kappa shape index (κ2) is 6.42. The van der Waals surface area contributed by atoms with Gasteiger partial charge in [-0.05, 0) is 25.8 Å². The Bertz CT molecular complexity index is 226. The van der Waals surface area contributed by atoms with Gasteiger partial charge in [-0.15, -0.1) is 12.4 Å². The lowest BCUT2D eigenvalue weighted by Crippen LogP contribution is -2.43. The Hall–Kier alpha value is -0.320. The zero-order valence-electron chi connectivity index (χ0n) is 9.78. The van der Waals surface area contributed by atoms with Crippen molar-refractivity contribution < 1.29 is 9.53 Å². The molecule has 1 amide bonds. The van der Waals surface area contributed by atoms with Crippen molar-refractivity contribution in [2.75, 3.05) is 33.4 Å². The van der Waals surface area contributed by atoms with Crippen LogP contribution in [-0.4, -0.2) is 50.2 Å². The summed E-state index contributed by atoms with van der Waals surface area (Å²) >= 11 is 0. The van der Waals surface area contributed by atoms with Crippen molar-refractivity contribution in [1.29, 1.82) is 0 Å². The fraction of sp³-hybridized carbons (Fsp3) is 0.909. The molecule has 0 spiro atoms. The second-order valence-corrected chi connectivity index (χ2v) is 4.51. The molecule has 2 atom stereocenters. The first-order valence-electron chi connectivity index (χ1n) is 5.84. The normalized spacial score (nSPS) is 29.6. The molecular weight excluding hydrogens is 228 g/mol. The molecule has 16 heavy (non-hydrogen) atoms. The number of hydrogen-bond acceptors (Lipinski definition) is 3. The molecule has 0 aromatic rings. The molecule has 0 saturated carbocycles. The maximum atomic E-state index is 12.1. The maximum Gasteiger partial charge on any atom is 0.228 e. The predicted molar refractivity (Wildman–Crippen MR) is 64.8 cm³/mol. The number of carbonyl (C=O) groups excluding carboxylic acids is 1. The average molecular weight is 249 g/mol. The SMILES string of the molecule is CN(C(=O)C1CCCOC1)C1CCNC1.Cl. The van der Waals surface area contributed by atoms with E-state index in [9.17, 15) is 4.79 Å². The second-order valence-electron chi connectivity index (χ2n) is 4.51. The lowest BCUT2D eigenvalue weighted by atomic mass is 10.00. The maximum absolute atomic E-state index is 12.1. The van der Waals surface area contributed by atoms with Crippen molar-refractivity contribution in [3.8, 4) is 0 Å². The van der Waals surface area contributed by atoms with Gasteiger partial charge in [0.2, 0.25) is 5.91 Å². The van der Waals surface area contributed by atoms with Crippen LogP contribution in [0, 0.1) is 5.92 Å². The number of nitrogens with zero attached hydrogens (tertiary/aromatic N) is 1. The Kier molecular flexibility index (Phi) is 5.52. The van der Waals surface area contributed by atoms with E-state index in [1.54, 1.807) is 0 Å². The Balaban J connectivity index is 0.00000128. The van der Waals surface area contributed by atoms with Crippen LogP contribution in [-0.2, 0) is 9.53 Å². The van der Waals surface area contributed by atoms with Gasteiger partial charge in [0.05, 0.1) is 12.5 Å². The first-order valence-corrected chi connectivity index (χ1v) is 5.84. The first-order chi connectivity index (χ1) is 7.29. The van der Waals surface area contributed by atoms with Crippen LogP contribution in [0.2, 0.25) is 0 Å². The van der Waals surface area contributed by atoms with E-state index in [1.165, 1.54) is 0 Å². The smallest absolute Gasteiger partial charge is 0.228 e. The van der Waals surface area contributed by atoms with E-state index in [0.29, 0.717) is 12.6 Å². The summed E-state index contributed by atoms with van der Waals surface area (Å²) in [6.07, 6.45) is 3.09. The van der Waals surface area contributed by atoms with Gasteiger partial charge < -0.3 is 15.0 Å². The number of nitrogens with one attached hydrogen (secondary N) is 1. The highest BCUT2D eigenvalue weighted by atomic mass is 35.5. The summed E-state index contributed by atoms with van der Waals surface area (Å²) in [4.78, 5) is 14.0. The molecule has 0 radical (unpaired) electrons. The van der Waals surface area contributed by atoms with E-state index >= 15 is 0 Å². The fourth-order valence-corrected chi connectivity index (χ4v) is 2.37. The number of carbonyl (C=O) groups is 1. The van der Waals surface area contributed by atoms with E-state index in [-0.39, 0.29) is 24.2 Å². The van der Waals surface area contributed by atoms with Crippen LogP contribution in [0.3, 0.4) is 0 Å². The average Bonchev–Trinajstić information content (AvgIpc) is 2.82. The van der Waals surface area contributed by atoms with Crippen LogP contribution in [0.5, 0.6) is 0 Å². The molecule has 4 nitrogen and oxygen atoms in total. The molecule has 5 heteroatoms. The zero-order valence-corrected chi connectivity index (χ0v) is 10.6. The minimum absolute atomic E-state index is 0. The molecule has 2 saturated heterocycles. The molecule has 94 valence electrons. The van der Waals surface area contributed by atoms with Crippen molar-refractivity contribution in [2.45, 2.75) is 25.3 Å².